The Morgan fingerprint density at radius 1 is 1.35 bits per heavy atom. The topological polar surface area (TPSA) is 84.2 Å². The average Bonchev–Trinajstić information content (AvgIpc) is 2.76. The molecule has 1 aromatic carbocycles. The van der Waals surface area contributed by atoms with E-state index in [9.17, 15) is 17.9 Å². The van der Waals surface area contributed by atoms with Crippen molar-refractivity contribution in [1.82, 2.24) is 9.55 Å². The van der Waals surface area contributed by atoms with Crippen LogP contribution in [0.25, 0.3) is 0 Å². The van der Waals surface area contributed by atoms with Gasteiger partial charge >= 0.3 is 0 Å². The fourth-order valence-electron chi connectivity index (χ4n) is 1.58. The molecule has 0 aliphatic rings. The molecule has 0 aliphatic carbocycles. The minimum absolute atomic E-state index is 0.0680. The molecule has 0 spiro atoms. The van der Waals surface area contributed by atoms with Gasteiger partial charge in [-0.2, -0.15) is 8.42 Å². The van der Waals surface area contributed by atoms with Crippen LogP contribution in [0.4, 0.5) is 10.1 Å². The first-order chi connectivity index (χ1) is 9.28. The Labute approximate surface area is 115 Å². The lowest BCUT2D eigenvalue weighted by Gasteiger charge is -2.07. The van der Waals surface area contributed by atoms with Gasteiger partial charge in [-0.3, -0.25) is 4.72 Å². The summed E-state index contributed by atoms with van der Waals surface area (Å²) in [5.41, 5.74) is -0.0680. The lowest BCUT2D eigenvalue weighted by molar-refractivity contribution is 0.469. The van der Waals surface area contributed by atoms with Crippen LogP contribution in [0.15, 0.2) is 35.7 Å². The van der Waals surface area contributed by atoms with Crippen molar-refractivity contribution in [2.45, 2.75) is 24.9 Å². The normalized spacial score (nSPS) is 11.8. The third-order valence-electron chi connectivity index (χ3n) is 2.58. The number of phenolic OH excluding ortho intramolecular Hbond substituents is 1. The van der Waals surface area contributed by atoms with Crippen LogP contribution >= 0.6 is 0 Å². The molecule has 0 saturated heterocycles. The van der Waals surface area contributed by atoms with Crippen LogP contribution < -0.4 is 4.72 Å². The van der Waals surface area contributed by atoms with Crippen molar-refractivity contribution in [2.24, 2.45) is 0 Å². The van der Waals surface area contributed by atoms with Crippen molar-refractivity contribution in [3.63, 3.8) is 0 Å². The molecule has 8 heteroatoms. The summed E-state index contributed by atoms with van der Waals surface area (Å²) in [6, 6.07) is 3.03. The summed E-state index contributed by atoms with van der Waals surface area (Å²) in [6.07, 6.45) is 2.79. The van der Waals surface area contributed by atoms with Crippen LogP contribution in [0.1, 0.15) is 19.9 Å². The van der Waals surface area contributed by atoms with Gasteiger partial charge in [-0.05, 0) is 19.9 Å². The fraction of sp³-hybridized carbons (Fsp3) is 0.250. The third-order valence-corrected chi connectivity index (χ3v) is 3.85. The fourth-order valence-corrected chi connectivity index (χ4v) is 2.56. The predicted octanol–water partition coefficient (Wildman–Crippen LogP) is 2.11. The number of nitrogens with zero attached hydrogens (tertiary/aromatic N) is 2. The number of imidazole rings is 1. The first kappa shape index (κ1) is 14.3. The van der Waals surface area contributed by atoms with Crippen LogP contribution in [-0.4, -0.2) is 23.1 Å². The van der Waals surface area contributed by atoms with Crippen LogP contribution in [0.5, 0.6) is 5.75 Å². The van der Waals surface area contributed by atoms with Crippen molar-refractivity contribution in [1.29, 1.82) is 0 Å². The molecule has 0 aliphatic heterocycles. The number of aromatic hydroxyl groups is 1. The van der Waals surface area contributed by atoms with E-state index in [0.717, 1.165) is 18.2 Å². The van der Waals surface area contributed by atoms with Gasteiger partial charge in [-0.1, -0.05) is 0 Å². The number of halogens is 1. The zero-order valence-electron chi connectivity index (χ0n) is 10.9. The second kappa shape index (κ2) is 5.12. The molecule has 0 fully saturated rings. The SMILES string of the molecule is CC(C)n1cnc(S(=O)(=O)Nc2cc(O)cc(F)c2)c1. The summed E-state index contributed by atoms with van der Waals surface area (Å²) in [5.74, 6) is -1.11. The van der Waals surface area contributed by atoms with Gasteiger partial charge in [0.25, 0.3) is 10.0 Å². The number of benzene rings is 1. The minimum Gasteiger partial charge on any atom is -0.508 e. The van der Waals surface area contributed by atoms with Gasteiger partial charge in [-0.15, -0.1) is 0 Å². The standard InChI is InChI=1S/C12H14FN3O3S/c1-8(2)16-6-12(14-7-16)20(18,19)15-10-3-9(13)4-11(17)5-10/h3-8,15,17H,1-2H3. The molecule has 0 saturated carbocycles. The van der Waals surface area contributed by atoms with Crippen LogP contribution in [-0.2, 0) is 10.0 Å². The number of phenols is 1. The molecule has 2 rings (SSSR count). The summed E-state index contributed by atoms with van der Waals surface area (Å²) in [5, 5.41) is 9.07. The molecular weight excluding hydrogens is 285 g/mol. The van der Waals surface area contributed by atoms with Gasteiger partial charge in [0, 0.05) is 24.4 Å². The summed E-state index contributed by atoms with van der Waals surface area (Å²) >= 11 is 0. The van der Waals surface area contributed by atoms with Gasteiger partial charge in [0.2, 0.25) is 0 Å². The van der Waals surface area contributed by atoms with Gasteiger partial charge < -0.3 is 9.67 Å². The molecule has 20 heavy (non-hydrogen) atoms. The van der Waals surface area contributed by atoms with Gasteiger partial charge in [-0.25, -0.2) is 9.37 Å². The number of sulfonamides is 1. The molecule has 6 nitrogen and oxygen atoms in total. The monoisotopic (exact) mass is 299 g/mol. The highest BCUT2D eigenvalue weighted by atomic mass is 32.2. The molecule has 0 unspecified atom stereocenters. The number of hydrogen-bond acceptors (Lipinski definition) is 4. The quantitative estimate of drug-likeness (QED) is 0.905. The summed E-state index contributed by atoms with van der Waals surface area (Å²) in [6.45, 7) is 3.77. The van der Waals surface area contributed by atoms with Crippen molar-refractivity contribution in [2.75, 3.05) is 4.72 Å². The molecule has 0 atom stereocenters. The third kappa shape index (κ3) is 3.08. The molecule has 0 radical (unpaired) electrons. The first-order valence-electron chi connectivity index (χ1n) is 5.84. The number of rotatable bonds is 4. The van der Waals surface area contributed by atoms with E-state index >= 15 is 0 Å². The Morgan fingerprint density at radius 3 is 2.60 bits per heavy atom. The maximum Gasteiger partial charge on any atom is 0.280 e. The predicted molar refractivity (Wildman–Crippen MR) is 71.5 cm³/mol. The number of nitrogens with one attached hydrogen (secondary N) is 1. The summed E-state index contributed by atoms with van der Waals surface area (Å²) in [4.78, 5) is 3.81. The number of aromatic nitrogens is 2. The number of anilines is 1. The van der Waals surface area contributed by atoms with Crippen molar-refractivity contribution in [3.05, 3.63) is 36.5 Å². The highest BCUT2D eigenvalue weighted by Gasteiger charge is 2.18. The van der Waals surface area contributed by atoms with E-state index < -0.39 is 15.8 Å². The Morgan fingerprint density at radius 2 is 2.05 bits per heavy atom. The van der Waals surface area contributed by atoms with Gasteiger partial charge in [0.1, 0.15) is 11.6 Å². The van der Waals surface area contributed by atoms with Crippen molar-refractivity contribution < 1.29 is 17.9 Å². The van der Waals surface area contributed by atoms with Crippen molar-refractivity contribution >= 4 is 15.7 Å². The Balaban J connectivity index is 2.30. The van der Waals surface area contributed by atoms with E-state index in [4.69, 9.17) is 0 Å². The summed E-state index contributed by atoms with van der Waals surface area (Å²) < 4.78 is 41.0. The molecule has 2 N–H and O–H groups in total. The van der Waals surface area contributed by atoms with E-state index in [1.165, 1.54) is 12.5 Å². The van der Waals surface area contributed by atoms with E-state index in [2.05, 4.69) is 9.71 Å². The second-order valence-electron chi connectivity index (χ2n) is 4.56. The average molecular weight is 299 g/mol. The first-order valence-corrected chi connectivity index (χ1v) is 7.32. The molecule has 0 bridgehead atoms. The Kier molecular flexibility index (Phi) is 3.67. The van der Waals surface area contributed by atoms with Gasteiger partial charge in [0.15, 0.2) is 5.03 Å². The molecule has 1 heterocycles. The summed E-state index contributed by atoms with van der Waals surface area (Å²) in [7, 11) is -3.92. The Bertz CT molecular complexity index is 705. The maximum absolute atomic E-state index is 13.1. The highest BCUT2D eigenvalue weighted by molar-refractivity contribution is 7.92. The van der Waals surface area contributed by atoms with Crippen LogP contribution in [0, 0.1) is 5.82 Å². The second-order valence-corrected chi connectivity index (χ2v) is 6.19. The highest BCUT2D eigenvalue weighted by Crippen LogP contribution is 2.21. The molecule has 108 valence electrons. The molecule has 1 aromatic heterocycles. The lowest BCUT2D eigenvalue weighted by atomic mass is 10.3. The minimum atomic E-state index is -3.92. The van der Waals surface area contributed by atoms with Crippen LogP contribution in [0.3, 0.4) is 0 Å². The zero-order valence-corrected chi connectivity index (χ0v) is 11.7. The maximum atomic E-state index is 13.1. The van der Waals surface area contributed by atoms with E-state index in [1.807, 2.05) is 13.8 Å². The largest absolute Gasteiger partial charge is 0.508 e. The van der Waals surface area contributed by atoms with Crippen LogP contribution in [0.2, 0.25) is 0 Å². The van der Waals surface area contributed by atoms with Gasteiger partial charge in [0.05, 0.1) is 12.0 Å². The lowest BCUT2D eigenvalue weighted by Crippen LogP contribution is -2.13. The smallest absolute Gasteiger partial charge is 0.280 e. The number of hydrogen-bond donors (Lipinski definition) is 2. The zero-order chi connectivity index (χ0) is 14.9. The molecular formula is C12H14FN3O3S. The molecule has 2 aromatic rings. The van der Waals surface area contributed by atoms with E-state index in [1.54, 1.807) is 4.57 Å². The van der Waals surface area contributed by atoms with E-state index in [-0.39, 0.29) is 22.5 Å². The van der Waals surface area contributed by atoms with Crippen molar-refractivity contribution in [3.8, 4) is 5.75 Å². The molecule has 0 amide bonds. The Hall–Kier alpha value is -2.09. The van der Waals surface area contributed by atoms with E-state index in [0.29, 0.717) is 0 Å².